The van der Waals surface area contributed by atoms with Crippen LogP contribution in [0.15, 0.2) is 30.5 Å². The van der Waals surface area contributed by atoms with Crippen LogP contribution >= 0.6 is 0 Å². The topological polar surface area (TPSA) is 36.1 Å². The van der Waals surface area contributed by atoms with E-state index in [-0.39, 0.29) is 25.4 Å². The Morgan fingerprint density at radius 2 is 2.04 bits per heavy atom. The van der Waals surface area contributed by atoms with Crippen molar-refractivity contribution in [3.63, 3.8) is 0 Å². The van der Waals surface area contributed by atoms with E-state index in [1.165, 1.54) is 0 Å². The van der Waals surface area contributed by atoms with E-state index >= 15 is 0 Å². The Kier molecular flexibility index (Phi) is 4.56. The third kappa shape index (κ3) is 3.67. The molecule has 1 aliphatic rings. The SMILES string of the molecule is CC1(C)CN(C(=O)CCc2c[nH]c3ccccc23)CC[C@@H]1C(F)(F)F. The van der Waals surface area contributed by atoms with Gasteiger partial charge in [-0.15, -0.1) is 0 Å². The minimum absolute atomic E-state index is 0.0185. The highest BCUT2D eigenvalue weighted by molar-refractivity contribution is 5.84. The van der Waals surface area contributed by atoms with E-state index in [4.69, 9.17) is 0 Å². The molecule has 2 heterocycles. The number of benzene rings is 1. The molecule has 0 spiro atoms. The van der Waals surface area contributed by atoms with Crippen molar-refractivity contribution in [3.05, 3.63) is 36.0 Å². The number of alkyl halides is 3. The summed E-state index contributed by atoms with van der Waals surface area (Å²) in [5, 5.41) is 1.09. The number of aromatic nitrogens is 1. The number of piperidine rings is 1. The molecule has 2 aromatic rings. The Bertz CT molecular complexity index is 763. The molecule has 3 nitrogen and oxygen atoms in total. The first-order valence-corrected chi connectivity index (χ1v) is 8.58. The molecule has 1 aliphatic heterocycles. The average molecular weight is 352 g/mol. The molecule has 0 bridgehead atoms. The number of carbonyl (C=O) groups is 1. The van der Waals surface area contributed by atoms with E-state index in [0.29, 0.717) is 12.8 Å². The van der Waals surface area contributed by atoms with Gasteiger partial charge in [0.25, 0.3) is 0 Å². The van der Waals surface area contributed by atoms with E-state index in [2.05, 4.69) is 4.98 Å². The maximum atomic E-state index is 13.1. The molecule has 1 fully saturated rings. The highest BCUT2D eigenvalue weighted by Gasteiger charge is 2.51. The van der Waals surface area contributed by atoms with Crippen molar-refractivity contribution in [1.29, 1.82) is 0 Å². The monoisotopic (exact) mass is 352 g/mol. The van der Waals surface area contributed by atoms with Crippen LogP contribution in [0.4, 0.5) is 13.2 Å². The van der Waals surface area contributed by atoms with Crippen molar-refractivity contribution >= 4 is 16.8 Å². The number of aromatic amines is 1. The molecule has 1 aromatic carbocycles. The van der Waals surface area contributed by atoms with E-state index < -0.39 is 17.5 Å². The maximum Gasteiger partial charge on any atom is 0.392 e. The van der Waals surface area contributed by atoms with Crippen molar-refractivity contribution < 1.29 is 18.0 Å². The number of amides is 1. The van der Waals surface area contributed by atoms with Gasteiger partial charge in [-0.25, -0.2) is 0 Å². The standard InChI is InChI=1S/C19H23F3N2O/c1-18(2)12-24(10-9-16(18)19(20,21)22)17(25)8-7-13-11-23-15-6-4-3-5-14(13)15/h3-6,11,16,23H,7-10,12H2,1-2H3/t16-/m0/s1. The lowest BCUT2D eigenvalue weighted by molar-refractivity contribution is -0.217. The normalized spacial score (nSPS) is 20.8. The Morgan fingerprint density at radius 1 is 1.32 bits per heavy atom. The molecule has 0 unspecified atom stereocenters. The highest BCUT2D eigenvalue weighted by Crippen LogP contribution is 2.45. The number of H-pyrrole nitrogens is 1. The first kappa shape index (κ1) is 17.8. The minimum atomic E-state index is -4.21. The number of nitrogens with zero attached hydrogens (tertiary/aromatic N) is 1. The lowest BCUT2D eigenvalue weighted by atomic mass is 9.73. The van der Waals surface area contributed by atoms with Gasteiger partial charge in [-0.1, -0.05) is 32.0 Å². The van der Waals surface area contributed by atoms with Crippen LogP contribution in [0.3, 0.4) is 0 Å². The molecule has 0 aliphatic carbocycles. The van der Waals surface area contributed by atoms with Crippen molar-refractivity contribution in [3.8, 4) is 0 Å². The molecular weight excluding hydrogens is 329 g/mol. The molecule has 25 heavy (non-hydrogen) atoms. The summed E-state index contributed by atoms with van der Waals surface area (Å²) in [7, 11) is 0. The summed E-state index contributed by atoms with van der Waals surface area (Å²) >= 11 is 0. The zero-order valence-electron chi connectivity index (χ0n) is 14.5. The van der Waals surface area contributed by atoms with Gasteiger partial charge in [0.05, 0.1) is 5.92 Å². The van der Waals surface area contributed by atoms with Crippen LogP contribution in [0, 0.1) is 11.3 Å². The molecule has 1 atom stereocenters. The minimum Gasteiger partial charge on any atom is -0.361 e. The number of hydrogen-bond acceptors (Lipinski definition) is 1. The summed E-state index contributed by atoms with van der Waals surface area (Å²) in [4.78, 5) is 17.3. The van der Waals surface area contributed by atoms with Crippen molar-refractivity contribution in [2.24, 2.45) is 11.3 Å². The van der Waals surface area contributed by atoms with E-state index in [1.54, 1.807) is 18.7 Å². The van der Waals surface area contributed by atoms with Gasteiger partial charge in [-0.2, -0.15) is 13.2 Å². The van der Waals surface area contributed by atoms with Crippen LogP contribution in [0.1, 0.15) is 32.3 Å². The zero-order valence-corrected chi connectivity index (χ0v) is 14.5. The number of likely N-dealkylation sites (tertiary alicyclic amines) is 1. The largest absolute Gasteiger partial charge is 0.392 e. The molecule has 1 amide bonds. The quantitative estimate of drug-likeness (QED) is 0.865. The molecule has 6 heteroatoms. The molecule has 0 saturated carbocycles. The van der Waals surface area contributed by atoms with Crippen LogP contribution in [0.25, 0.3) is 10.9 Å². The predicted molar refractivity (Wildman–Crippen MR) is 91.1 cm³/mol. The summed E-state index contributed by atoms with van der Waals surface area (Å²) in [5.41, 5.74) is 1.14. The maximum absolute atomic E-state index is 13.1. The lowest BCUT2D eigenvalue weighted by Crippen LogP contribution is -2.52. The fourth-order valence-electron chi connectivity index (χ4n) is 3.91. The second-order valence-corrected chi connectivity index (χ2v) is 7.55. The summed E-state index contributed by atoms with van der Waals surface area (Å²) in [5.74, 6) is -1.42. The van der Waals surface area contributed by atoms with Gasteiger partial charge in [0, 0.05) is 36.6 Å². The van der Waals surface area contributed by atoms with Crippen LogP contribution < -0.4 is 0 Å². The number of nitrogens with one attached hydrogen (secondary N) is 1. The van der Waals surface area contributed by atoms with Crippen LogP contribution in [0.5, 0.6) is 0 Å². The number of aryl methyl sites for hydroxylation is 1. The predicted octanol–water partition coefficient (Wildman–Crippen LogP) is 4.54. The van der Waals surface area contributed by atoms with Gasteiger partial charge in [0.15, 0.2) is 0 Å². The smallest absolute Gasteiger partial charge is 0.361 e. The number of halogens is 3. The Morgan fingerprint density at radius 3 is 2.72 bits per heavy atom. The molecule has 136 valence electrons. The summed E-state index contributed by atoms with van der Waals surface area (Å²) < 4.78 is 39.4. The second-order valence-electron chi connectivity index (χ2n) is 7.55. The van der Waals surface area contributed by atoms with Gasteiger partial charge in [-0.3, -0.25) is 4.79 Å². The van der Waals surface area contributed by atoms with Crippen molar-refractivity contribution in [1.82, 2.24) is 9.88 Å². The first-order valence-electron chi connectivity index (χ1n) is 8.58. The third-order valence-electron chi connectivity index (χ3n) is 5.26. The fourth-order valence-corrected chi connectivity index (χ4v) is 3.91. The first-order chi connectivity index (χ1) is 11.7. The molecular formula is C19H23F3N2O. The highest BCUT2D eigenvalue weighted by atomic mass is 19.4. The summed E-state index contributed by atoms with van der Waals surface area (Å²) in [6, 6.07) is 7.88. The summed E-state index contributed by atoms with van der Waals surface area (Å²) in [6.45, 7) is 3.54. The number of hydrogen-bond donors (Lipinski definition) is 1. The molecule has 3 rings (SSSR count). The Hall–Kier alpha value is -1.98. The van der Waals surface area contributed by atoms with Crippen LogP contribution in [-0.2, 0) is 11.2 Å². The Labute approximate surface area is 145 Å². The number of para-hydroxylation sites is 1. The van der Waals surface area contributed by atoms with Crippen molar-refractivity contribution in [2.75, 3.05) is 13.1 Å². The molecule has 1 aromatic heterocycles. The van der Waals surface area contributed by atoms with Crippen LogP contribution in [-0.4, -0.2) is 35.1 Å². The van der Waals surface area contributed by atoms with Gasteiger partial charge in [0.2, 0.25) is 5.91 Å². The van der Waals surface area contributed by atoms with Gasteiger partial charge in [0.1, 0.15) is 0 Å². The van der Waals surface area contributed by atoms with Crippen molar-refractivity contribution in [2.45, 2.75) is 39.3 Å². The third-order valence-corrected chi connectivity index (χ3v) is 5.26. The van der Waals surface area contributed by atoms with E-state index in [1.807, 2.05) is 30.5 Å². The summed E-state index contributed by atoms with van der Waals surface area (Å²) in [6.07, 6.45) is -1.42. The molecule has 1 saturated heterocycles. The molecule has 1 N–H and O–H groups in total. The van der Waals surface area contributed by atoms with Gasteiger partial charge < -0.3 is 9.88 Å². The van der Waals surface area contributed by atoms with Gasteiger partial charge >= 0.3 is 6.18 Å². The van der Waals surface area contributed by atoms with E-state index in [9.17, 15) is 18.0 Å². The lowest BCUT2D eigenvalue weighted by Gasteiger charge is -2.44. The zero-order chi connectivity index (χ0) is 18.2. The average Bonchev–Trinajstić information content (AvgIpc) is 2.93. The Balaban J connectivity index is 1.63. The van der Waals surface area contributed by atoms with Crippen LogP contribution in [0.2, 0.25) is 0 Å². The molecule has 0 radical (unpaired) electrons. The fraction of sp³-hybridized carbons (Fsp3) is 0.526. The van der Waals surface area contributed by atoms with Gasteiger partial charge in [-0.05, 0) is 29.9 Å². The van der Waals surface area contributed by atoms with E-state index in [0.717, 1.165) is 16.5 Å². The second kappa shape index (κ2) is 6.39. The number of rotatable bonds is 3. The number of fused-ring (bicyclic) bond motifs is 1. The number of carbonyl (C=O) groups excluding carboxylic acids is 1.